The first-order chi connectivity index (χ1) is 8.76. The minimum atomic E-state index is 0.919. The highest BCUT2D eigenvalue weighted by Crippen LogP contribution is 2.12. The Balaban J connectivity index is 2.20. The van der Waals surface area contributed by atoms with Crippen LogP contribution in [0, 0.1) is 0 Å². The summed E-state index contributed by atoms with van der Waals surface area (Å²) in [5, 5.41) is 3.46. The van der Waals surface area contributed by atoms with Crippen LogP contribution in [-0.4, -0.2) is 38.7 Å². The second-order valence-electron chi connectivity index (χ2n) is 4.69. The van der Waals surface area contributed by atoms with Gasteiger partial charge in [0.15, 0.2) is 0 Å². The fourth-order valence-electron chi connectivity index (χ4n) is 1.82. The highest BCUT2D eigenvalue weighted by atomic mass is 16.5. The Morgan fingerprint density at radius 1 is 1.17 bits per heavy atom. The normalized spacial score (nSPS) is 10.9. The van der Waals surface area contributed by atoms with Crippen LogP contribution >= 0.6 is 0 Å². The number of nitrogens with one attached hydrogen (secondary N) is 1. The summed E-state index contributed by atoms with van der Waals surface area (Å²) in [7, 11) is 3.86. The zero-order valence-corrected chi connectivity index (χ0v) is 11.9. The Labute approximate surface area is 111 Å². The van der Waals surface area contributed by atoms with Crippen molar-refractivity contribution in [2.75, 3.05) is 33.8 Å². The van der Waals surface area contributed by atoms with E-state index in [9.17, 15) is 0 Å². The van der Waals surface area contributed by atoms with Gasteiger partial charge in [-0.2, -0.15) is 0 Å². The van der Waals surface area contributed by atoms with Crippen molar-refractivity contribution < 1.29 is 4.74 Å². The molecular formula is C15H26N2O. The molecular weight excluding hydrogens is 224 g/mol. The quantitative estimate of drug-likeness (QED) is 0.682. The van der Waals surface area contributed by atoms with Gasteiger partial charge in [-0.3, -0.25) is 0 Å². The standard InChI is InChI=1S/C15H26N2O/c1-4-5-10-16-11-12-17(2)13-14-6-8-15(18-3)9-7-14/h6-9,16H,4-5,10-13H2,1-3H3. The van der Waals surface area contributed by atoms with Crippen molar-refractivity contribution in [2.24, 2.45) is 0 Å². The van der Waals surface area contributed by atoms with Gasteiger partial charge < -0.3 is 15.0 Å². The Hall–Kier alpha value is -1.06. The van der Waals surface area contributed by atoms with Gasteiger partial charge in [0.1, 0.15) is 5.75 Å². The van der Waals surface area contributed by atoms with Gasteiger partial charge in [0, 0.05) is 19.6 Å². The van der Waals surface area contributed by atoms with Crippen molar-refractivity contribution in [3.05, 3.63) is 29.8 Å². The third-order valence-corrected chi connectivity index (χ3v) is 2.99. The molecule has 3 heteroatoms. The molecule has 3 nitrogen and oxygen atoms in total. The van der Waals surface area contributed by atoms with E-state index in [1.165, 1.54) is 18.4 Å². The molecule has 1 aromatic rings. The maximum absolute atomic E-state index is 5.15. The Morgan fingerprint density at radius 3 is 2.50 bits per heavy atom. The van der Waals surface area contributed by atoms with E-state index < -0.39 is 0 Å². The van der Waals surface area contributed by atoms with E-state index in [2.05, 4.69) is 36.3 Å². The van der Waals surface area contributed by atoms with Gasteiger partial charge in [-0.05, 0) is 37.7 Å². The van der Waals surface area contributed by atoms with Crippen LogP contribution < -0.4 is 10.1 Å². The lowest BCUT2D eigenvalue weighted by atomic mass is 10.2. The van der Waals surface area contributed by atoms with Gasteiger partial charge in [0.2, 0.25) is 0 Å². The number of methoxy groups -OCH3 is 1. The monoisotopic (exact) mass is 250 g/mol. The number of nitrogens with zero attached hydrogens (tertiary/aromatic N) is 1. The molecule has 0 spiro atoms. The van der Waals surface area contributed by atoms with Crippen molar-refractivity contribution in [1.29, 1.82) is 0 Å². The van der Waals surface area contributed by atoms with Gasteiger partial charge >= 0.3 is 0 Å². The molecule has 0 saturated carbocycles. The number of ether oxygens (including phenoxy) is 1. The minimum absolute atomic E-state index is 0.919. The summed E-state index contributed by atoms with van der Waals surface area (Å²) in [6.07, 6.45) is 2.52. The number of rotatable bonds is 9. The highest BCUT2D eigenvalue weighted by Gasteiger charge is 2.00. The van der Waals surface area contributed by atoms with Crippen molar-refractivity contribution in [3.63, 3.8) is 0 Å². The molecule has 18 heavy (non-hydrogen) atoms. The molecule has 0 unspecified atom stereocenters. The fraction of sp³-hybridized carbons (Fsp3) is 0.600. The maximum Gasteiger partial charge on any atom is 0.118 e. The summed E-state index contributed by atoms with van der Waals surface area (Å²) in [5.41, 5.74) is 1.33. The van der Waals surface area contributed by atoms with E-state index in [-0.39, 0.29) is 0 Å². The van der Waals surface area contributed by atoms with Crippen LogP contribution in [0.2, 0.25) is 0 Å². The predicted molar refractivity (Wildman–Crippen MR) is 77.1 cm³/mol. The van der Waals surface area contributed by atoms with Crippen molar-refractivity contribution in [2.45, 2.75) is 26.3 Å². The van der Waals surface area contributed by atoms with Crippen LogP contribution in [0.1, 0.15) is 25.3 Å². The van der Waals surface area contributed by atoms with Crippen LogP contribution in [0.25, 0.3) is 0 Å². The van der Waals surface area contributed by atoms with Crippen molar-refractivity contribution >= 4 is 0 Å². The molecule has 0 atom stereocenters. The number of benzene rings is 1. The molecule has 0 heterocycles. The average molecular weight is 250 g/mol. The smallest absolute Gasteiger partial charge is 0.118 e. The van der Waals surface area contributed by atoms with E-state index in [1.54, 1.807) is 7.11 Å². The number of hydrogen-bond donors (Lipinski definition) is 1. The van der Waals surface area contributed by atoms with Crippen LogP contribution in [0.15, 0.2) is 24.3 Å². The van der Waals surface area contributed by atoms with Gasteiger partial charge in [0.25, 0.3) is 0 Å². The summed E-state index contributed by atoms with van der Waals surface area (Å²) in [6, 6.07) is 8.28. The molecule has 0 amide bonds. The van der Waals surface area contributed by atoms with E-state index >= 15 is 0 Å². The third-order valence-electron chi connectivity index (χ3n) is 2.99. The van der Waals surface area contributed by atoms with Crippen LogP contribution in [0.3, 0.4) is 0 Å². The Morgan fingerprint density at radius 2 is 1.89 bits per heavy atom. The van der Waals surface area contributed by atoms with Gasteiger partial charge in [-0.25, -0.2) is 0 Å². The molecule has 1 aromatic carbocycles. The Bertz CT molecular complexity index is 311. The second-order valence-corrected chi connectivity index (χ2v) is 4.69. The van der Waals surface area contributed by atoms with Crippen LogP contribution in [0.4, 0.5) is 0 Å². The van der Waals surface area contributed by atoms with Crippen molar-refractivity contribution in [1.82, 2.24) is 10.2 Å². The first kappa shape index (κ1) is 15.0. The van der Waals surface area contributed by atoms with E-state index in [0.717, 1.165) is 31.9 Å². The molecule has 0 aromatic heterocycles. The van der Waals surface area contributed by atoms with Gasteiger partial charge in [-0.15, -0.1) is 0 Å². The molecule has 0 aliphatic heterocycles. The zero-order valence-electron chi connectivity index (χ0n) is 11.9. The van der Waals surface area contributed by atoms with E-state index in [1.807, 2.05) is 12.1 Å². The largest absolute Gasteiger partial charge is 0.497 e. The van der Waals surface area contributed by atoms with E-state index in [0.29, 0.717) is 0 Å². The fourth-order valence-corrected chi connectivity index (χ4v) is 1.82. The lowest BCUT2D eigenvalue weighted by Crippen LogP contribution is -2.29. The molecule has 102 valence electrons. The van der Waals surface area contributed by atoms with Gasteiger partial charge in [0.05, 0.1) is 7.11 Å². The molecule has 0 aliphatic carbocycles. The first-order valence-corrected chi connectivity index (χ1v) is 6.78. The van der Waals surface area contributed by atoms with Gasteiger partial charge in [-0.1, -0.05) is 25.5 Å². The number of likely N-dealkylation sites (N-methyl/N-ethyl adjacent to an activating group) is 1. The SMILES string of the molecule is CCCCNCCN(C)Cc1ccc(OC)cc1. The zero-order chi connectivity index (χ0) is 13.2. The second kappa shape index (κ2) is 8.95. The third kappa shape index (κ3) is 6.03. The lowest BCUT2D eigenvalue weighted by molar-refractivity contribution is 0.324. The topological polar surface area (TPSA) is 24.5 Å². The molecule has 1 rings (SSSR count). The molecule has 0 bridgehead atoms. The molecule has 0 aliphatic rings. The molecule has 0 fully saturated rings. The first-order valence-electron chi connectivity index (χ1n) is 6.78. The summed E-state index contributed by atoms with van der Waals surface area (Å²) >= 11 is 0. The predicted octanol–water partition coefficient (Wildman–Crippen LogP) is 2.52. The minimum Gasteiger partial charge on any atom is -0.497 e. The van der Waals surface area contributed by atoms with Crippen molar-refractivity contribution in [3.8, 4) is 5.75 Å². The van der Waals surface area contributed by atoms with Crippen LogP contribution in [0.5, 0.6) is 5.75 Å². The molecule has 0 saturated heterocycles. The average Bonchev–Trinajstić information content (AvgIpc) is 2.39. The maximum atomic E-state index is 5.15. The Kier molecular flexibility index (Phi) is 7.46. The van der Waals surface area contributed by atoms with E-state index in [4.69, 9.17) is 4.74 Å². The summed E-state index contributed by atoms with van der Waals surface area (Å²) in [5.74, 6) is 0.919. The van der Waals surface area contributed by atoms with Crippen LogP contribution in [-0.2, 0) is 6.54 Å². The molecule has 0 radical (unpaired) electrons. The number of hydrogen-bond acceptors (Lipinski definition) is 3. The number of unbranched alkanes of at least 4 members (excludes halogenated alkanes) is 1. The summed E-state index contributed by atoms with van der Waals surface area (Å²) in [6.45, 7) is 6.48. The molecule has 1 N–H and O–H groups in total. The highest BCUT2D eigenvalue weighted by molar-refractivity contribution is 5.26. The summed E-state index contributed by atoms with van der Waals surface area (Å²) < 4.78 is 5.15. The summed E-state index contributed by atoms with van der Waals surface area (Å²) in [4.78, 5) is 2.33. The lowest BCUT2D eigenvalue weighted by Gasteiger charge is -2.17.